The summed E-state index contributed by atoms with van der Waals surface area (Å²) < 4.78 is 5.35. The maximum absolute atomic E-state index is 8.92. The molecule has 90 valence electrons. The molecule has 0 aliphatic heterocycles. The summed E-state index contributed by atoms with van der Waals surface area (Å²) in [6, 6.07) is 9.49. The molecule has 5 nitrogen and oxygen atoms in total. The number of aromatic nitrogens is 2. The van der Waals surface area contributed by atoms with Gasteiger partial charge in [-0.1, -0.05) is 0 Å². The van der Waals surface area contributed by atoms with Crippen molar-refractivity contribution in [2.45, 2.75) is 6.92 Å². The summed E-state index contributed by atoms with van der Waals surface area (Å²) in [6.07, 6.45) is 2.88. The summed E-state index contributed by atoms with van der Waals surface area (Å²) in [4.78, 5) is 7.83. The zero-order chi connectivity index (χ0) is 12.8. The third-order valence-electron chi connectivity index (χ3n) is 2.26. The first-order valence-corrected chi connectivity index (χ1v) is 5.53. The third-order valence-corrected chi connectivity index (χ3v) is 2.26. The molecule has 0 saturated carbocycles. The van der Waals surface area contributed by atoms with Gasteiger partial charge in [0.1, 0.15) is 23.7 Å². The fourth-order valence-electron chi connectivity index (χ4n) is 1.45. The number of benzene rings is 1. The molecular weight excluding hydrogens is 228 g/mol. The molecule has 0 saturated heterocycles. The van der Waals surface area contributed by atoms with Gasteiger partial charge in [0.2, 0.25) is 0 Å². The van der Waals surface area contributed by atoms with Gasteiger partial charge in [0.05, 0.1) is 12.8 Å². The Bertz CT molecular complexity index is 560. The van der Waals surface area contributed by atoms with Crippen molar-refractivity contribution in [2.75, 3.05) is 11.9 Å². The van der Waals surface area contributed by atoms with E-state index in [2.05, 4.69) is 15.3 Å². The second kappa shape index (κ2) is 5.64. The number of hydrogen-bond acceptors (Lipinski definition) is 5. The fourth-order valence-corrected chi connectivity index (χ4v) is 1.45. The predicted molar refractivity (Wildman–Crippen MR) is 67.6 cm³/mol. The zero-order valence-corrected chi connectivity index (χ0v) is 9.92. The molecule has 1 N–H and O–H groups in total. The number of nitrogens with one attached hydrogen (secondary N) is 1. The number of nitrogens with zero attached hydrogens (tertiary/aromatic N) is 3. The van der Waals surface area contributed by atoms with Crippen molar-refractivity contribution in [2.24, 2.45) is 0 Å². The van der Waals surface area contributed by atoms with Gasteiger partial charge in [-0.3, -0.25) is 0 Å². The molecule has 0 aliphatic carbocycles. The lowest BCUT2D eigenvalue weighted by molar-refractivity contribution is 0.340. The van der Waals surface area contributed by atoms with E-state index in [9.17, 15) is 0 Å². The summed E-state index contributed by atoms with van der Waals surface area (Å²) in [5, 5.41) is 12.0. The second-order valence-electron chi connectivity index (χ2n) is 3.48. The molecule has 1 heterocycles. The zero-order valence-electron chi connectivity index (χ0n) is 9.92. The van der Waals surface area contributed by atoms with E-state index in [-0.39, 0.29) is 0 Å². The van der Waals surface area contributed by atoms with Crippen molar-refractivity contribution in [3.05, 3.63) is 42.4 Å². The van der Waals surface area contributed by atoms with Gasteiger partial charge in [0.25, 0.3) is 0 Å². The van der Waals surface area contributed by atoms with Gasteiger partial charge in [0, 0.05) is 5.69 Å². The van der Waals surface area contributed by atoms with E-state index in [0.29, 0.717) is 18.0 Å². The summed E-state index contributed by atoms with van der Waals surface area (Å²) in [7, 11) is 0. The maximum Gasteiger partial charge on any atom is 0.151 e. The summed E-state index contributed by atoms with van der Waals surface area (Å²) in [6.45, 7) is 2.57. The molecule has 0 atom stereocenters. The van der Waals surface area contributed by atoms with E-state index >= 15 is 0 Å². The fraction of sp³-hybridized carbons (Fsp3) is 0.154. The van der Waals surface area contributed by atoms with Crippen molar-refractivity contribution in [3.63, 3.8) is 0 Å². The average Bonchev–Trinajstić information content (AvgIpc) is 2.42. The van der Waals surface area contributed by atoms with E-state index in [4.69, 9.17) is 10.00 Å². The second-order valence-corrected chi connectivity index (χ2v) is 3.48. The Morgan fingerprint density at radius 3 is 2.78 bits per heavy atom. The molecule has 18 heavy (non-hydrogen) atoms. The molecule has 0 bridgehead atoms. The minimum Gasteiger partial charge on any atom is -0.494 e. The van der Waals surface area contributed by atoms with Gasteiger partial charge >= 0.3 is 0 Å². The Morgan fingerprint density at radius 2 is 2.11 bits per heavy atom. The molecule has 2 rings (SSSR count). The van der Waals surface area contributed by atoms with Gasteiger partial charge in [-0.05, 0) is 31.2 Å². The number of anilines is 2. The summed E-state index contributed by atoms with van der Waals surface area (Å²) in [5.74, 6) is 1.31. The quantitative estimate of drug-likeness (QED) is 0.889. The van der Waals surface area contributed by atoms with E-state index in [1.807, 2.05) is 37.3 Å². The Morgan fingerprint density at radius 1 is 1.33 bits per heavy atom. The molecule has 0 spiro atoms. The molecule has 2 aromatic rings. The van der Waals surface area contributed by atoms with Gasteiger partial charge in [0.15, 0.2) is 5.82 Å². The lowest BCUT2D eigenvalue weighted by Crippen LogP contribution is -1.97. The van der Waals surface area contributed by atoms with Crippen molar-refractivity contribution < 1.29 is 4.74 Å². The molecule has 0 unspecified atom stereocenters. The highest BCUT2D eigenvalue weighted by molar-refractivity contribution is 5.62. The first-order valence-electron chi connectivity index (χ1n) is 5.53. The normalized spacial score (nSPS) is 9.56. The van der Waals surface area contributed by atoms with Crippen LogP contribution >= 0.6 is 0 Å². The van der Waals surface area contributed by atoms with Crippen LogP contribution in [0.15, 0.2) is 36.8 Å². The topological polar surface area (TPSA) is 70.8 Å². The molecule has 1 aromatic heterocycles. The first-order chi connectivity index (χ1) is 8.83. The van der Waals surface area contributed by atoms with Crippen molar-refractivity contribution >= 4 is 11.5 Å². The van der Waals surface area contributed by atoms with Crippen LogP contribution in [0.2, 0.25) is 0 Å². The Hall–Kier alpha value is -2.61. The summed E-state index contributed by atoms with van der Waals surface area (Å²) in [5.41, 5.74) is 1.25. The van der Waals surface area contributed by atoms with Gasteiger partial charge in [-0.25, -0.2) is 9.97 Å². The number of hydrogen-bond donors (Lipinski definition) is 1. The van der Waals surface area contributed by atoms with Crippen molar-refractivity contribution in [1.82, 2.24) is 9.97 Å². The van der Waals surface area contributed by atoms with Crippen molar-refractivity contribution in [3.8, 4) is 11.8 Å². The molecule has 1 aromatic carbocycles. The highest BCUT2D eigenvalue weighted by Gasteiger charge is 2.03. The lowest BCUT2D eigenvalue weighted by atomic mass is 10.3. The van der Waals surface area contributed by atoms with Gasteiger partial charge < -0.3 is 10.1 Å². The van der Waals surface area contributed by atoms with Crippen LogP contribution < -0.4 is 10.1 Å². The smallest absolute Gasteiger partial charge is 0.151 e. The monoisotopic (exact) mass is 240 g/mol. The molecule has 0 amide bonds. The van der Waals surface area contributed by atoms with Crippen LogP contribution in [0.5, 0.6) is 5.75 Å². The minimum absolute atomic E-state index is 0.409. The number of rotatable bonds is 4. The molecule has 0 aliphatic rings. The van der Waals surface area contributed by atoms with Crippen LogP contribution in [0.1, 0.15) is 12.5 Å². The predicted octanol–water partition coefficient (Wildman–Crippen LogP) is 2.49. The van der Waals surface area contributed by atoms with Crippen LogP contribution in [-0.4, -0.2) is 16.6 Å². The number of ether oxygens (including phenoxy) is 1. The summed E-state index contributed by atoms with van der Waals surface area (Å²) >= 11 is 0. The molecular formula is C13H12N4O. The van der Waals surface area contributed by atoms with E-state index in [1.54, 1.807) is 0 Å². The van der Waals surface area contributed by atoms with Gasteiger partial charge in [-0.2, -0.15) is 5.26 Å². The molecule has 5 heteroatoms. The van der Waals surface area contributed by atoms with Crippen LogP contribution in [0.3, 0.4) is 0 Å². The van der Waals surface area contributed by atoms with Crippen LogP contribution in [0.25, 0.3) is 0 Å². The minimum atomic E-state index is 0.409. The van der Waals surface area contributed by atoms with Crippen LogP contribution in [0, 0.1) is 11.3 Å². The largest absolute Gasteiger partial charge is 0.494 e. The standard InChI is InChI=1S/C13H12N4O/c1-2-18-12-5-3-11(4-6-12)17-13-10(7-14)8-15-9-16-13/h3-6,8-9H,2H2,1H3,(H,15,16,17). The average molecular weight is 240 g/mol. The molecule has 0 radical (unpaired) electrons. The maximum atomic E-state index is 8.92. The van der Waals surface area contributed by atoms with E-state index in [1.165, 1.54) is 12.5 Å². The van der Waals surface area contributed by atoms with Crippen LogP contribution in [-0.2, 0) is 0 Å². The Labute approximate surface area is 105 Å². The third kappa shape index (κ3) is 2.74. The van der Waals surface area contributed by atoms with Crippen LogP contribution in [0.4, 0.5) is 11.5 Å². The van der Waals surface area contributed by atoms with E-state index < -0.39 is 0 Å². The first kappa shape index (κ1) is 11.9. The lowest BCUT2D eigenvalue weighted by Gasteiger charge is -2.07. The Kier molecular flexibility index (Phi) is 3.72. The SMILES string of the molecule is CCOc1ccc(Nc2ncncc2C#N)cc1. The van der Waals surface area contributed by atoms with E-state index in [0.717, 1.165) is 11.4 Å². The highest BCUT2D eigenvalue weighted by atomic mass is 16.5. The Balaban J connectivity index is 2.16. The highest BCUT2D eigenvalue weighted by Crippen LogP contribution is 2.20. The van der Waals surface area contributed by atoms with Crippen molar-refractivity contribution in [1.29, 1.82) is 5.26 Å². The van der Waals surface area contributed by atoms with Gasteiger partial charge in [-0.15, -0.1) is 0 Å². The molecule has 0 fully saturated rings. The number of nitriles is 1.